The number of aliphatic carboxylic acids is 1. The molecule has 0 aliphatic carbocycles. The fraction of sp³-hybridized carbons (Fsp3) is 0.200. The van der Waals surface area contributed by atoms with Gasteiger partial charge in [-0.1, -0.05) is 17.7 Å². The minimum atomic E-state index is -0.989. The summed E-state index contributed by atoms with van der Waals surface area (Å²) in [6, 6.07) is 7.69. The van der Waals surface area contributed by atoms with Crippen LogP contribution in [0.3, 0.4) is 0 Å². The van der Waals surface area contributed by atoms with E-state index in [1.807, 2.05) is 5.38 Å². The van der Waals surface area contributed by atoms with Crippen molar-refractivity contribution < 1.29 is 19.4 Å². The molecular formula is C15H14ClNO4S. The largest absolute Gasteiger partial charge is 0.496 e. The minimum Gasteiger partial charge on any atom is -0.496 e. The van der Waals surface area contributed by atoms with Crippen LogP contribution in [0.25, 0.3) is 0 Å². The van der Waals surface area contributed by atoms with Crippen LogP contribution in [-0.4, -0.2) is 24.1 Å². The first-order valence-electron chi connectivity index (χ1n) is 6.41. The first kappa shape index (κ1) is 16.3. The summed E-state index contributed by atoms with van der Waals surface area (Å²) >= 11 is 7.30. The molecule has 1 aromatic carbocycles. The van der Waals surface area contributed by atoms with Crippen LogP contribution in [0.2, 0.25) is 5.02 Å². The van der Waals surface area contributed by atoms with E-state index >= 15 is 0 Å². The fourth-order valence-corrected chi connectivity index (χ4v) is 2.93. The predicted molar refractivity (Wildman–Crippen MR) is 84.8 cm³/mol. The maximum absolute atomic E-state index is 12.4. The van der Waals surface area contributed by atoms with Crippen LogP contribution in [0.4, 0.5) is 0 Å². The quantitative estimate of drug-likeness (QED) is 0.846. The first-order chi connectivity index (χ1) is 10.5. The van der Waals surface area contributed by atoms with Gasteiger partial charge in [0.15, 0.2) is 0 Å². The summed E-state index contributed by atoms with van der Waals surface area (Å²) in [5.41, 5.74) is 0.266. The molecule has 0 radical (unpaired) electrons. The highest BCUT2D eigenvalue weighted by Crippen LogP contribution is 2.26. The van der Waals surface area contributed by atoms with Crippen molar-refractivity contribution >= 4 is 34.8 Å². The number of carboxylic acids is 1. The number of hydrogen-bond acceptors (Lipinski definition) is 4. The lowest BCUT2D eigenvalue weighted by Crippen LogP contribution is -2.30. The van der Waals surface area contributed by atoms with Gasteiger partial charge in [-0.25, -0.2) is 0 Å². The van der Waals surface area contributed by atoms with Crippen LogP contribution in [0.5, 0.6) is 5.75 Å². The van der Waals surface area contributed by atoms with Crippen LogP contribution in [0, 0.1) is 0 Å². The van der Waals surface area contributed by atoms with Crippen LogP contribution < -0.4 is 10.1 Å². The third-order valence-electron chi connectivity index (χ3n) is 2.98. The number of thiophene rings is 1. The Morgan fingerprint density at radius 2 is 2.18 bits per heavy atom. The van der Waals surface area contributed by atoms with Gasteiger partial charge in [0.1, 0.15) is 5.75 Å². The third-order valence-corrected chi connectivity index (χ3v) is 4.20. The highest BCUT2D eigenvalue weighted by atomic mass is 35.5. The Bertz CT molecular complexity index is 672. The van der Waals surface area contributed by atoms with Crippen molar-refractivity contribution in [2.24, 2.45) is 0 Å². The number of carbonyl (C=O) groups is 2. The standard InChI is InChI=1S/C15H14ClNO4S/c1-21-12-5-4-9(16)7-10(12)15(20)17-11(8-14(18)19)13-3-2-6-22-13/h2-7,11H,8H2,1H3,(H,17,20)(H,18,19). The number of carboxylic acid groups (broad SMARTS) is 1. The molecule has 0 saturated heterocycles. The summed E-state index contributed by atoms with van der Waals surface area (Å²) in [6.45, 7) is 0. The Morgan fingerprint density at radius 3 is 2.77 bits per heavy atom. The second-order valence-corrected chi connectivity index (χ2v) is 5.90. The smallest absolute Gasteiger partial charge is 0.305 e. The molecule has 1 atom stereocenters. The first-order valence-corrected chi connectivity index (χ1v) is 7.66. The van der Waals surface area contributed by atoms with Crippen molar-refractivity contribution in [3.8, 4) is 5.75 Å². The molecule has 22 heavy (non-hydrogen) atoms. The Hall–Kier alpha value is -2.05. The van der Waals surface area contributed by atoms with Gasteiger partial charge in [-0.3, -0.25) is 9.59 Å². The summed E-state index contributed by atoms with van der Waals surface area (Å²) in [7, 11) is 1.45. The van der Waals surface area contributed by atoms with Gasteiger partial charge >= 0.3 is 5.97 Å². The molecule has 0 spiro atoms. The van der Waals surface area contributed by atoms with Gasteiger partial charge in [0, 0.05) is 9.90 Å². The summed E-state index contributed by atoms with van der Waals surface area (Å²) in [6.07, 6.45) is -0.199. The van der Waals surface area contributed by atoms with Crippen molar-refractivity contribution in [2.45, 2.75) is 12.5 Å². The van der Waals surface area contributed by atoms with E-state index in [1.165, 1.54) is 24.5 Å². The molecule has 5 nitrogen and oxygen atoms in total. The average Bonchev–Trinajstić information content (AvgIpc) is 3.00. The SMILES string of the molecule is COc1ccc(Cl)cc1C(=O)NC(CC(=O)O)c1cccs1. The van der Waals surface area contributed by atoms with Crippen LogP contribution >= 0.6 is 22.9 Å². The molecule has 2 rings (SSSR count). The average molecular weight is 340 g/mol. The summed E-state index contributed by atoms with van der Waals surface area (Å²) in [4.78, 5) is 24.2. The molecule has 1 unspecified atom stereocenters. The zero-order chi connectivity index (χ0) is 16.1. The van der Waals surface area contributed by atoms with Gasteiger partial charge in [-0.2, -0.15) is 0 Å². The van der Waals surface area contributed by atoms with E-state index in [-0.39, 0.29) is 12.0 Å². The summed E-state index contributed by atoms with van der Waals surface area (Å²) < 4.78 is 5.14. The number of nitrogens with one attached hydrogen (secondary N) is 1. The number of methoxy groups -OCH3 is 1. The molecule has 1 amide bonds. The third kappa shape index (κ3) is 3.99. The number of benzene rings is 1. The second kappa shape index (κ2) is 7.29. The Morgan fingerprint density at radius 1 is 1.41 bits per heavy atom. The Labute approximate surface area is 136 Å². The van der Waals surface area contributed by atoms with Gasteiger partial charge in [-0.15, -0.1) is 11.3 Å². The van der Waals surface area contributed by atoms with E-state index < -0.39 is 17.9 Å². The molecule has 0 aliphatic heterocycles. The molecule has 2 aromatic rings. The second-order valence-electron chi connectivity index (χ2n) is 4.48. The molecule has 116 valence electrons. The van der Waals surface area contributed by atoms with Gasteiger partial charge in [0.2, 0.25) is 0 Å². The van der Waals surface area contributed by atoms with Crippen molar-refractivity contribution in [3.05, 3.63) is 51.2 Å². The summed E-state index contributed by atoms with van der Waals surface area (Å²) in [5, 5.41) is 14.0. The van der Waals surface area contributed by atoms with E-state index in [1.54, 1.807) is 24.3 Å². The molecule has 0 fully saturated rings. The van der Waals surface area contributed by atoms with Gasteiger partial charge in [-0.05, 0) is 29.6 Å². The van der Waals surface area contributed by atoms with Crippen molar-refractivity contribution in [1.82, 2.24) is 5.32 Å². The molecule has 1 aromatic heterocycles. The lowest BCUT2D eigenvalue weighted by Gasteiger charge is -2.17. The van der Waals surface area contributed by atoms with E-state index in [4.69, 9.17) is 21.4 Å². The van der Waals surface area contributed by atoms with Crippen LogP contribution in [0.1, 0.15) is 27.7 Å². The van der Waals surface area contributed by atoms with Crippen molar-refractivity contribution in [1.29, 1.82) is 0 Å². The van der Waals surface area contributed by atoms with Crippen LogP contribution in [0.15, 0.2) is 35.7 Å². The Kier molecular flexibility index (Phi) is 5.41. The predicted octanol–water partition coefficient (Wildman–Crippen LogP) is 3.36. The van der Waals surface area contributed by atoms with Crippen LogP contribution in [-0.2, 0) is 4.79 Å². The molecule has 0 aliphatic rings. The topological polar surface area (TPSA) is 75.6 Å². The molecule has 7 heteroatoms. The van der Waals surface area contributed by atoms with Crippen molar-refractivity contribution in [2.75, 3.05) is 7.11 Å². The highest BCUT2D eigenvalue weighted by molar-refractivity contribution is 7.10. The molecule has 1 heterocycles. The molecule has 0 bridgehead atoms. The number of halogens is 1. The van der Waals surface area contributed by atoms with Gasteiger partial charge in [0.05, 0.1) is 25.1 Å². The maximum Gasteiger partial charge on any atom is 0.305 e. The lowest BCUT2D eigenvalue weighted by molar-refractivity contribution is -0.137. The highest BCUT2D eigenvalue weighted by Gasteiger charge is 2.21. The minimum absolute atomic E-state index is 0.199. The maximum atomic E-state index is 12.4. The van der Waals surface area contributed by atoms with E-state index in [0.717, 1.165) is 4.88 Å². The van der Waals surface area contributed by atoms with Crippen molar-refractivity contribution in [3.63, 3.8) is 0 Å². The van der Waals surface area contributed by atoms with Gasteiger partial charge in [0.25, 0.3) is 5.91 Å². The molecule has 2 N–H and O–H groups in total. The lowest BCUT2D eigenvalue weighted by atomic mass is 10.1. The molecular weight excluding hydrogens is 326 g/mol. The van der Waals surface area contributed by atoms with Gasteiger partial charge < -0.3 is 15.2 Å². The normalized spacial score (nSPS) is 11.7. The number of ether oxygens (including phenoxy) is 1. The van der Waals surface area contributed by atoms with E-state index in [9.17, 15) is 9.59 Å². The van der Waals surface area contributed by atoms with E-state index in [2.05, 4.69) is 5.32 Å². The Balaban J connectivity index is 2.24. The fourth-order valence-electron chi connectivity index (χ4n) is 1.98. The number of carbonyl (C=O) groups excluding carboxylic acids is 1. The monoisotopic (exact) mass is 339 g/mol. The zero-order valence-corrected chi connectivity index (χ0v) is 13.3. The van der Waals surface area contributed by atoms with E-state index in [0.29, 0.717) is 10.8 Å². The number of hydrogen-bond donors (Lipinski definition) is 2. The number of amides is 1. The zero-order valence-electron chi connectivity index (χ0n) is 11.7. The summed E-state index contributed by atoms with van der Waals surface area (Å²) in [5.74, 6) is -1.04. The molecule has 0 saturated carbocycles. The number of rotatable bonds is 6.